The normalized spacial score (nSPS) is 12.7. The second-order valence-corrected chi connectivity index (χ2v) is 3.49. The molecule has 0 aliphatic rings. The van der Waals surface area contributed by atoms with Crippen molar-refractivity contribution in [3.05, 3.63) is 35.9 Å². The Morgan fingerprint density at radius 2 is 1.86 bits per heavy atom. The van der Waals surface area contributed by atoms with Crippen molar-refractivity contribution in [2.75, 3.05) is 6.61 Å². The quantitative estimate of drug-likeness (QED) is 0.741. The van der Waals surface area contributed by atoms with Gasteiger partial charge >= 0.3 is 0 Å². The second-order valence-electron chi connectivity index (χ2n) is 3.49. The Kier molecular flexibility index (Phi) is 5.23. The maximum atomic E-state index is 13.2. The maximum absolute atomic E-state index is 13.2. The fourth-order valence-electron chi connectivity index (χ4n) is 1.43. The largest absolute Gasteiger partial charge is 0.396 e. The van der Waals surface area contributed by atoms with E-state index in [1.165, 1.54) is 5.56 Å². The average molecular weight is 196 g/mol. The Hall–Kier alpha value is -0.890. The highest BCUT2D eigenvalue weighted by Crippen LogP contribution is 2.11. The zero-order chi connectivity index (χ0) is 10.2. The first-order valence-corrected chi connectivity index (χ1v) is 5.12. The summed E-state index contributed by atoms with van der Waals surface area (Å²) in [5.41, 5.74) is 1.18. The van der Waals surface area contributed by atoms with E-state index in [4.69, 9.17) is 5.11 Å². The minimum Gasteiger partial charge on any atom is -0.396 e. The van der Waals surface area contributed by atoms with Crippen molar-refractivity contribution in [3.8, 4) is 0 Å². The highest BCUT2D eigenvalue weighted by molar-refractivity contribution is 5.14. The highest BCUT2D eigenvalue weighted by atomic mass is 19.1. The summed E-state index contributed by atoms with van der Waals surface area (Å²) in [4.78, 5) is 0. The van der Waals surface area contributed by atoms with Crippen molar-refractivity contribution < 1.29 is 9.50 Å². The lowest BCUT2D eigenvalue weighted by molar-refractivity contribution is 0.238. The average Bonchev–Trinajstić information content (AvgIpc) is 2.25. The van der Waals surface area contributed by atoms with Crippen molar-refractivity contribution in [2.45, 2.75) is 31.9 Å². The van der Waals surface area contributed by atoms with Crippen molar-refractivity contribution in [1.82, 2.24) is 0 Å². The van der Waals surface area contributed by atoms with Crippen molar-refractivity contribution in [1.29, 1.82) is 0 Å². The summed E-state index contributed by atoms with van der Waals surface area (Å²) in [7, 11) is 0. The van der Waals surface area contributed by atoms with Crippen LogP contribution in [-0.4, -0.2) is 17.9 Å². The van der Waals surface area contributed by atoms with E-state index in [1.54, 1.807) is 0 Å². The van der Waals surface area contributed by atoms with E-state index < -0.39 is 6.17 Å². The molecule has 1 N–H and O–H groups in total. The number of rotatable bonds is 6. The molecule has 0 saturated heterocycles. The van der Waals surface area contributed by atoms with Gasteiger partial charge in [0.2, 0.25) is 0 Å². The van der Waals surface area contributed by atoms with Gasteiger partial charge in [-0.25, -0.2) is 4.39 Å². The van der Waals surface area contributed by atoms with E-state index in [9.17, 15) is 4.39 Å². The highest BCUT2D eigenvalue weighted by Gasteiger charge is 2.05. The van der Waals surface area contributed by atoms with Crippen LogP contribution in [0.1, 0.15) is 24.8 Å². The fourth-order valence-corrected chi connectivity index (χ4v) is 1.43. The van der Waals surface area contributed by atoms with E-state index in [-0.39, 0.29) is 6.61 Å². The van der Waals surface area contributed by atoms with Crippen LogP contribution in [-0.2, 0) is 6.42 Å². The SMILES string of the molecule is OCCCC(F)CCc1ccccc1. The van der Waals surface area contributed by atoms with Crippen LogP contribution in [0.15, 0.2) is 30.3 Å². The van der Waals surface area contributed by atoms with Crippen molar-refractivity contribution >= 4 is 0 Å². The first-order chi connectivity index (χ1) is 6.83. The molecule has 1 unspecified atom stereocenters. The first kappa shape index (κ1) is 11.2. The molecule has 1 nitrogen and oxygen atoms in total. The van der Waals surface area contributed by atoms with Crippen LogP contribution in [0.2, 0.25) is 0 Å². The van der Waals surface area contributed by atoms with Crippen molar-refractivity contribution in [3.63, 3.8) is 0 Å². The van der Waals surface area contributed by atoms with Gasteiger partial charge in [0.05, 0.1) is 0 Å². The van der Waals surface area contributed by atoms with Crippen LogP contribution in [0.3, 0.4) is 0 Å². The lowest BCUT2D eigenvalue weighted by Crippen LogP contribution is -2.03. The molecule has 1 atom stereocenters. The molecule has 0 fully saturated rings. The summed E-state index contributed by atoms with van der Waals surface area (Å²) < 4.78 is 13.2. The summed E-state index contributed by atoms with van der Waals surface area (Å²) >= 11 is 0. The molecule has 14 heavy (non-hydrogen) atoms. The van der Waals surface area contributed by atoms with Gasteiger partial charge in [-0.1, -0.05) is 30.3 Å². The number of aliphatic hydroxyl groups is 1. The second kappa shape index (κ2) is 6.55. The number of hydrogen-bond donors (Lipinski definition) is 1. The van der Waals surface area contributed by atoms with Crippen molar-refractivity contribution in [2.24, 2.45) is 0 Å². The molecule has 0 heterocycles. The number of aliphatic hydroxyl groups excluding tert-OH is 1. The zero-order valence-electron chi connectivity index (χ0n) is 8.32. The fraction of sp³-hybridized carbons (Fsp3) is 0.500. The molecule has 0 spiro atoms. The van der Waals surface area contributed by atoms with Gasteiger partial charge in [-0.3, -0.25) is 0 Å². The van der Waals surface area contributed by atoms with Gasteiger partial charge in [0.1, 0.15) is 6.17 Å². The van der Waals surface area contributed by atoms with Gasteiger partial charge in [0, 0.05) is 6.61 Å². The number of alkyl halides is 1. The lowest BCUT2D eigenvalue weighted by atomic mass is 10.1. The van der Waals surface area contributed by atoms with Crippen LogP contribution >= 0.6 is 0 Å². The molecule has 0 bridgehead atoms. The number of hydrogen-bond acceptors (Lipinski definition) is 1. The Labute approximate surface area is 84.6 Å². The van der Waals surface area contributed by atoms with Crippen LogP contribution in [0.5, 0.6) is 0 Å². The Balaban J connectivity index is 2.20. The van der Waals surface area contributed by atoms with Crippen LogP contribution in [0.25, 0.3) is 0 Å². The van der Waals surface area contributed by atoms with Gasteiger partial charge in [-0.15, -0.1) is 0 Å². The van der Waals surface area contributed by atoms with Gasteiger partial charge in [-0.2, -0.15) is 0 Å². The third kappa shape index (κ3) is 4.38. The molecule has 78 valence electrons. The topological polar surface area (TPSA) is 20.2 Å². The molecule has 0 radical (unpaired) electrons. The standard InChI is InChI=1S/C12H17FO/c13-12(7-4-10-14)9-8-11-5-2-1-3-6-11/h1-3,5-6,12,14H,4,7-10H2. The number of aryl methyl sites for hydroxylation is 1. The summed E-state index contributed by atoms with van der Waals surface area (Å²) in [5, 5.41) is 8.53. The van der Waals surface area contributed by atoms with Gasteiger partial charge in [0.15, 0.2) is 0 Å². The van der Waals surface area contributed by atoms with Gasteiger partial charge in [-0.05, 0) is 31.2 Å². The minimum atomic E-state index is -0.776. The zero-order valence-corrected chi connectivity index (χ0v) is 8.32. The molecule has 0 aliphatic carbocycles. The maximum Gasteiger partial charge on any atom is 0.101 e. The molecule has 2 heteroatoms. The first-order valence-electron chi connectivity index (χ1n) is 5.12. The van der Waals surface area contributed by atoms with Gasteiger partial charge in [0.25, 0.3) is 0 Å². The summed E-state index contributed by atoms with van der Waals surface area (Å²) in [6, 6.07) is 9.92. The van der Waals surface area contributed by atoms with Crippen LogP contribution < -0.4 is 0 Å². The lowest BCUT2D eigenvalue weighted by Gasteiger charge is -2.06. The summed E-state index contributed by atoms with van der Waals surface area (Å²) in [6.45, 7) is 0.0890. The molecule has 1 rings (SSSR count). The minimum absolute atomic E-state index is 0.0890. The van der Waals surface area contributed by atoms with E-state index in [0.717, 1.165) is 6.42 Å². The Bertz CT molecular complexity index is 235. The number of benzene rings is 1. The predicted octanol–water partition coefficient (Wildman–Crippen LogP) is 2.73. The number of halogens is 1. The van der Waals surface area contributed by atoms with E-state index in [0.29, 0.717) is 19.3 Å². The molecule has 0 saturated carbocycles. The van der Waals surface area contributed by atoms with E-state index >= 15 is 0 Å². The van der Waals surface area contributed by atoms with Crippen LogP contribution in [0.4, 0.5) is 4.39 Å². The summed E-state index contributed by atoms with van der Waals surface area (Å²) in [6.07, 6.45) is 1.61. The Morgan fingerprint density at radius 1 is 1.14 bits per heavy atom. The third-order valence-electron chi connectivity index (χ3n) is 2.26. The molecule has 0 amide bonds. The summed E-state index contributed by atoms with van der Waals surface area (Å²) in [5.74, 6) is 0. The molecule has 1 aromatic rings. The van der Waals surface area contributed by atoms with E-state index in [2.05, 4.69) is 0 Å². The van der Waals surface area contributed by atoms with E-state index in [1.807, 2.05) is 30.3 Å². The molecule has 0 aromatic heterocycles. The van der Waals surface area contributed by atoms with Crippen LogP contribution in [0, 0.1) is 0 Å². The molecule has 1 aromatic carbocycles. The smallest absolute Gasteiger partial charge is 0.101 e. The van der Waals surface area contributed by atoms with Gasteiger partial charge < -0.3 is 5.11 Å². The molecular formula is C12H17FO. The third-order valence-corrected chi connectivity index (χ3v) is 2.26. The predicted molar refractivity (Wildman–Crippen MR) is 56.0 cm³/mol. The molecule has 0 aliphatic heterocycles. The Morgan fingerprint density at radius 3 is 2.50 bits per heavy atom. The monoisotopic (exact) mass is 196 g/mol. The molecular weight excluding hydrogens is 179 g/mol.